The van der Waals surface area contributed by atoms with Crippen molar-refractivity contribution in [3.8, 4) is 0 Å². The first kappa shape index (κ1) is 27.6. The number of rotatable bonds is 1. The average molecular weight is 432 g/mol. The maximum Gasteiger partial charge on any atom is 1.00 e. The fourth-order valence-corrected chi connectivity index (χ4v) is 2.47. The molecule has 0 aromatic carbocycles. The minimum absolute atomic E-state index is 0. The van der Waals surface area contributed by atoms with Gasteiger partial charge in [0.25, 0.3) is 0 Å². The van der Waals surface area contributed by atoms with E-state index in [-0.39, 0.29) is 71.2 Å². The number of amides is 2. The molecule has 28 heavy (non-hydrogen) atoms. The Hall–Kier alpha value is -0.440. The van der Waals surface area contributed by atoms with Crippen LogP contribution in [0.5, 0.6) is 0 Å². The van der Waals surface area contributed by atoms with E-state index in [9.17, 15) is 9.59 Å². The second-order valence-corrected chi connectivity index (χ2v) is 7.45. The van der Waals surface area contributed by atoms with Crippen molar-refractivity contribution in [3.63, 3.8) is 0 Å². The van der Waals surface area contributed by atoms with Gasteiger partial charge >= 0.3 is 71.2 Å². The number of urea groups is 1. The standard InChI is InChI=1S/C14H18N4O3.2Na.H2O4S/c1-14(2,3)21-13(20)18-7-9(6-15-18)10-4-5-17-8-11(10)16-12(17)19;;;1-5(2,3)4/h4,6-7,11H,5,8H2,1-3H3,(H,16,19);;;(H2,1,2,3,4)/q;2*+1;/p-2. The maximum atomic E-state index is 11.9. The second kappa shape index (κ2) is 10.5. The van der Waals surface area contributed by atoms with Gasteiger partial charge in [-0.2, -0.15) is 9.78 Å². The van der Waals surface area contributed by atoms with E-state index in [0.717, 1.165) is 11.1 Å². The summed E-state index contributed by atoms with van der Waals surface area (Å²) in [5.41, 5.74) is 1.26. The van der Waals surface area contributed by atoms with Gasteiger partial charge in [0.2, 0.25) is 0 Å². The molecule has 1 aromatic heterocycles. The molecule has 144 valence electrons. The van der Waals surface area contributed by atoms with E-state index >= 15 is 0 Å². The normalized spacial score (nSPS) is 17.9. The minimum atomic E-state index is -5.17. The second-order valence-electron chi connectivity index (χ2n) is 6.63. The van der Waals surface area contributed by atoms with Crippen LogP contribution in [0.1, 0.15) is 26.3 Å². The van der Waals surface area contributed by atoms with Gasteiger partial charge in [-0.25, -0.2) is 9.59 Å². The molecule has 14 heteroatoms. The summed E-state index contributed by atoms with van der Waals surface area (Å²) >= 11 is 0. The Kier molecular flexibility index (Phi) is 10.4. The van der Waals surface area contributed by atoms with Gasteiger partial charge in [0.05, 0.1) is 12.2 Å². The van der Waals surface area contributed by atoms with Crippen LogP contribution in [0.4, 0.5) is 9.59 Å². The summed E-state index contributed by atoms with van der Waals surface area (Å²) in [6.45, 7) is 6.66. The Labute approximate surface area is 207 Å². The van der Waals surface area contributed by atoms with E-state index in [1.807, 2.05) is 26.8 Å². The van der Waals surface area contributed by atoms with E-state index < -0.39 is 22.1 Å². The molecule has 2 bridgehead atoms. The van der Waals surface area contributed by atoms with Crippen LogP contribution in [0, 0.1) is 0 Å². The molecule has 2 aliphatic rings. The molecule has 0 aliphatic carbocycles. The zero-order chi connectivity index (χ0) is 19.7. The number of aromatic nitrogens is 2. The monoisotopic (exact) mass is 432 g/mol. The number of fused-ring (bicyclic) bond motifs is 2. The number of ether oxygens (including phenoxy) is 1. The number of hydrogen-bond acceptors (Lipinski definition) is 8. The van der Waals surface area contributed by atoms with E-state index in [1.165, 1.54) is 4.68 Å². The first-order valence-corrected chi connectivity index (χ1v) is 8.87. The van der Waals surface area contributed by atoms with E-state index in [4.69, 9.17) is 22.3 Å². The molecule has 3 heterocycles. The van der Waals surface area contributed by atoms with Crippen molar-refractivity contribution in [2.75, 3.05) is 13.1 Å². The fourth-order valence-electron chi connectivity index (χ4n) is 2.47. The average Bonchev–Trinajstić information content (AvgIpc) is 3.02. The number of hydrogen-bond donors (Lipinski definition) is 1. The molecular weight excluding hydrogens is 414 g/mol. The van der Waals surface area contributed by atoms with Crippen LogP contribution in [0.2, 0.25) is 0 Å². The van der Waals surface area contributed by atoms with Crippen molar-refractivity contribution in [1.82, 2.24) is 20.0 Å². The third-order valence-corrected chi connectivity index (χ3v) is 3.39. The molecule has 0 radical (unpaired) electrons. The van der Waals surface area contributed by atoms with Gasteiger partial charge in [0, 0.05) is 35.2 Å². The number of nitrogens with one attached hydrogen (secondary N) is 1. The van der Waals surface area contributed by atoms with Crippen molar-refractivity contribution in [3.05, 3.63) is 24.0 Å². The number of carbonyl (C=O) groups is 2. The topological polar surface area (TPSA) is 157 Å². The summed E-state index contributed by atoms with van der Waals surface area (Å²) in [7, 11) is -5.17. The summed E-state index contributed by atoms with van der Waals surface area (Å²) < 4.78 is 40.5. The summed E-state index contributed by atoms with van der Waals surface area (Å²) in [6, 6.07) is -0.0895. The molecule has 3 rings (SSSR count). The first-order valence-electron chi connectivity index (χ1n) is 7.54. The van der Waals surface area contributed by atoms with Gasteiger partial charge in [0.15, 0.2) is 0 Å². The molecule has 2 amide bonds. The third kappa shape index (κ3) is 8.51. The number of carbonyl (C=O) groups excluding carboxylic acids is 2. The van der Waals surface area contributed by atoms with Crippen LogP contribution >= 0.6 is 0 Å². The molecule has 1 atom stereocenters. The van der Waals surface area contributed by atoms with Gasteiger partial charge in [-0.1, -0.05) is 6.08 Å². The molecule has 2 aliphatic heterocycles. The summed E-state index contributed by atoms with van der Waals surface area (Å²) in [4.78, 5) is 25.3. The van der Waals surface area contributed by atoms with Crippen molar-refractivity contribution in [2.24, 2.45) is 0 Å². The van der Waals surface area contributed by atoms with Crippen LogP contribution in [0.3, 0.4) is 0 Å². The van der Waals surface area contributed by atoms with Gasteiger partial charge in [0.1, 0.15) is 5.60 Å². The minimum Gasteiger partial charge on any atom is -0.759 e. The van der Waals surface area contributed by atoms with Gasteiger partial charge in [-0.15, -0.1) is 0 Å². The molecule has 1 aromatic rings. The van der Waals surface area contributed by atoms with E-state index in [0.29, 0.717) is 13.1 Å². The van der Waals surface area contributed by atoms with Crippen molar-refractivity contribution < 1.29 is 91.0 Å². The largest absolute Gasteiger partial charge is 1.00 e. The van der Waals surface area contributed by atoms with Gasteiger partial charge in [-0.05, 0) is 26.3 Å². The van der Waals surface area contributed by atoms with Crippen molar-refractivity contribution in [1.29, 1.82) is 0 Å². The summed E-state index contributed by atoms with van der Waals surface area (Å²) in [5, 5.41) is 6.96. The van der Waals surface area contributed by atoms with Crippen molar-refractivity contribution >= 4 is 28.1 Å². The Morgan fingerprint density at radius 2 is 1.89 bits per heavy atom. The van der Waals surface area contributed by atoms with Crippen LogP contribution in [0.25, 0.3) is 5.57 Å². The fraction of sp³-hybridized carbons (Fsp3) is 0.500. The molecule has 1 unspecified atom stereocenters. The smallest absolute Gasteiger partial charge is 0.759 e. The third-order valence-electron chi connectivity index (χ3n) is 3.39. The zero-order valence-corrected chi connectivity index (χ0v) is 21.1. The molecule has 1 N–H and O–H groups in total. The van der Waals surface area contributed by atoms with Crippen LogP contribution in [0.15, 0.2) is 18.5 Å². The molecule has 11 nitrogen and oxygen atoms in total. The van der Waals surface area contributed by atoms with E-state index in [1.54, 1.807) is 17.3 Å². The maximum absolute atomic E-state index is 11.9. The predicted octanol–water partition coefficient (Wildman–Crippen LogP) is -5.87. The van der Waals surface area contributed by atoms with E-state index in [2.05, 4.69) is 10.4 Å². The molecule has 0 spiro atoms. The first-order chi connectivity index (χ1) is 11.8. The summed E-state index contributed by atoms with van der Waals surface area (Å²) in [6.07, 6.45) is 4.74. The zero-order valence-electron chi connectivity index (χ0n) is 16.3. The number of nitrogens with zero attached hydrogens (tertiary/aromatic N) is 3. The van der Waals surface area contributed by atoms with Crippen molar-refractivity contribution in [2.45, 2.75) is 32.4 Å². The Balaban J connectivity index is 0.000000934. The quantitative estimate of drug-likeness (QED) is 0.261. The SMILES string of the molecule is CC(C)(C)OC(=O)n1cc(C2=CCN3CC2NC3=O)cn1.O=S(=O)([O-])[O-].[Na+].[Na+]. The van der Waals surface area contributed by atoms with Gasteiger partial charge < -0.3 is 24.1 Å². The Morgan fingerprint density at radius 1 is 1.32 bits per heavy atom. The molecule has 0 saturated carbocycles. The van der Waals surface area contributed by atoms with Crippen LogP contribution < -0.4 is 64.4 Å². The molecule has 1 fully saturated rings. The molecular formula is C14H18N4Na2O7S. The molecule has 1 saturated heterocycles. The predicted molar refractivity (Wildman–Crippen MR) is 86.2 cm³/mol. The Morgan fingerprint density at radius 3 is 2.43 bits per heavy atom. The summed E-state index contributed by atoms with van der Waals surface area (Å²) in [5.74, 6) is 0. The van der Waals surface area contributed by atoms with Gasteiger partial charge in [-0.3, -0.25) is 8.42 Å². The van der Waals surface area contributed by atoms with Crippen LogP contribution in [-0.4, -0.2) is 69.1 Å². The Bertz CT molecular complexity index is 840. The van der Waals surface area contributed by atoms with Crippen LogP contribution in [-0.2, 0) is 15.1 Å².